The highest BCUT2D eigenvalue weighted by molar-refractivity contribution is 9.10. The van der Waals surface area contributed by atoms with Gasteiger partial charge >= 0.3 is 0 Å². The number of nitrogens with zero attached hydrogens (tertiary/aromatic N) is 1. The van der Waals surface area contributed by atoms with Crippen LogP contribution in [0.1, 0.15) is 25.0 Å². The van der Waals surface area contributed by atoms with Gasteiger partial charge in [0.2, 0.25) is 0 Å². The third kappa shape index (κ3) is 3.57. The van der Waals surface area contributed by atoms with E-state index in [9.17, 15) is 4.39 Å². The van der Waals surface area contributed by atoms with Gasteiger partial charge in [-0.05, 0) is 52.2 Å². The first kappa shape index (κ1) is 15.0. The summed E-state index contributed by atoms with van der Waals surface area (Å²) in [6.07, 6.45) is 1.79. The van der Waals surface area contributed by atoms with Crippen molar-refractivity contribution in [1.82, 2.24) is 4.98 Å². The molecular formula is C16H18BrFN2. The van der Waals surface area contributed by atoms with Crippen molar-refractivity contribution in [2.45, 2.75) is 26.2 Å². The molecule has 2 nitrogen and oxygen atoms in total. The molecule has 0 fully saturated rings. The minimum atomic E-state index is -0.206. The Balaban J connectivity index is 2.08. The molecule has 1 N–H and O–H groups in total. The SMILES string of the molecule is Cc1cc(NCC(C)(C)c2ccc(F)cc2)ncc1Br. The number of benzene rings is 1. The van der Waals surface area contributed by atoms with Crippen LogP contribution in [0, 0.1) is 12.7 Å². The third-order valence-corrected chi connectivity index (χ3v) is 4.21. The maximum absolute atomic E-state index is 13.0. The zero-order chi connectivity index (χ0) is 14.8. The van der Waals surface area contributed by atoms with Crippen molar-refractivity contribution in [3.8, 4) is 0 Å². The number of pyridine rings is 1. The maximum atomic E-state index is 13.0. The van der Waals surface area contributed by atoms with Gasteiger partial charge in [-0.2, -0.15) is 0 Å². The molecule has 1 aromatic heterocycles. The number of halogens is 2. The normalized spacial score (nSPS) is 11.4. The highest BCUT2D eigenvalue weighted by Crippen LogP contribution is 2.24. The molecule has 1 heterocycles. The molecule has 0 spiro atoms. The Kier molecular flexibility index (Phi) is 4.43. The zero-order valence-corrected chi connectivity index (χ0v) is 13.5. The van der Waals surface area contributed by atoms with Crippen molar-refractivity contribution in [3.63, 3.8) is 0 Å². The van der Waals surface area contributed by atoms with Crippen molar-refractivity contribution in [1.29, 1.82) is 0 Å². The summed E-state index contributed by atoms with van der Waals surface area (Å²) in [5, 5.41) is 3.34. The van der Waals surface area contributed by atoms with Crippen molar-refractivity contribution in [2.24, 2.45) is 0 Å². The molecule has 0 aliphatic rings. The molecule has 2 rings (SSSR count). The average Bonchev–Trinajstić information content (AvgIpc) is 2.41. The van der Waals surface area contributed by atoms with E-state index in [0.29, 0.717) is 0 Å². The molecular weight excluding hydrogens is 319 g/mol. The minimum absolute atomic E-state index is 0.101. The maximum Gasteiger partial charge on any atom is 0.126 e. The number of rotatable bonds is 4. The topological polar surface area (TPSA) is 24.9 Å². The lowest BCUT2D eigenvalue weighted by atomic mass is 9.84. The van der Waals surface area contributed by atoms with Gasteiger partial charge in [0.25, 0.3) is 0 Å². The lowest BCUT2D eigenvalue weighted by Gasteiger charge is -2.26. The lowest BCUT2D eigenvalue weighted by molar-refractivity contribution is 0.552. The van der Waals surface area contributed by atoms with Gasteiger partial charge in [-0.25, -0.2) is 9.37 Å². The Morgan fingerprint density at radius 1 is 1.25 bits per heavy atom. The van der Waals surface area contributed by atoms with Crippen molar-refractivity contribution in [2.75, 3.05) is 11.9 Å². The largest absolute Gasteiger partial charge is 0.369 e. The fourth-order valence-electron chi connectivity index (χ4n) is 1.95. The van der Waals surface area contributed by atoms with Gasteiger partial charge in [0.05, 0.1) is 0 Å². The van der Waals surface area contributed by atoms with Crippen LogP contribution in [-0.4, -0.2) is 11.5 Å². The van der Waals surface area contributed by atoms with Crippen LogP contribution in [0.2, 0.25) is 0 Å². The summed E-state index contributed by atoms with van der Waals surface area (Å²) < 4.78 is 14.0. The summed E-state index contributed by atoms with van der Waals surface area (Å²) in [6, 6.07) is 8.66. The van der Waals surface area contributed by atoms with Crippen LogP contribution in [0.15, 0.2) is 41.0 Å². The summed E-state index contributed by atoms with van der Waals surface area (Å²) >= 11 is 3.44. The van der Waals surface area contributed by atoms with Crippen LogP contribution in [-0.2, 0) is 5.41 Å². The predicted octanol–water partition coefficient (Wildman–Crippen LogP) is 4.68. The van der Waals surface area contributed by atoms with E-state index in [1.807, 2.05) is 25.1 Å². The van der Waals surface area contributed by atoms with Crippen LogP contribution in [0.3, 0.4) is 0 Å². The predicted molar refractivity (Wildman–Crippen MR) is 84.6 cm³/mol. The van der Waals surface area contributed by atoms with E-state index in [1.54, 1.807) is 6.20 Å². The summed E-state index contributed by atoms with van der Waals surface area (Å²) in [7, 11) is 0. The fraction of sp³-hybridized carbons (Fsp3) is 0.312. The second-order valence-electron chi connectivity index (χ2n) is 5.56. The van der Waals surface area contributed by atoms with Crippen molar-refractivity contribution < 1.29 is 4.39 Å². The summed E-state index contributed by atoms with van der Waals surface area (Å²) in [6.45, 7) is 7.01. The molecule has 0 amide bonds. The first-order valence-electron chi connectivity index (χ1n) is 6.50. The van der Waals surface area contributed by atoms with Crippen LogP contribution < -0.4 is 5.32 Å². The zero-order valence-electron chi connectivity index (χ0n) is 11.9. The first-order valence-corrected chi connectivity index (χ1v) is 7.30. The molecule has 0 radical (unpaired) electrons. The van der Waals surface area contributed by atoms with E-state index < -0.39 is 0 Å². The number of aromatic nitrogens is 1. The van der Waals surface area contributed by atoms with Crippen LogP contribution in [0.5, 0.6) is 0 Å². The van der Waals surface area contributed by atoms with Gasteiger partial charge in [-0.3, -0.25) is 0 Å². The highest BCUT2D eigenvalue weighted by Gasteiger charge is 2.20. The summed E-state index contributed by atoms with van der Waals surface area (Å²) in [5.74, 6) is 0.642. The molecule has 0 aliphatic heterocycles. The third-order valence-electron chi connectivity index (χ3n) is 3.38. The molecule has 2 aromatic rings. The summed E-state index contributed by atoms with van der Waals surface area (Å²) in [5.41, 5.74) is 2.14. The average molecular weight is 337 g/mol. The van der Waals surface area contributed by atoms with E-state index in [4.69, 9.17) is 0 Å². The van der Waals surface area contributed by atoms with E-state index in [1.165, 1.54) is 12.1 Å². The van der Waals surface area contributed by atoms with Gasteiger partial charge in [-0.1, -0.05) is 26.0 Å². The molecule has 1 aromatic carbocycles. The molecule has 0 bridgehead atoms. The van der Waals surface area contributed by atoms with Crippen molar-refractivity contribution >= 4 is 21.7 Å². The molecule has 0 aliphatic carbocycles. The quantitative estimate of drug-likeness (QED) is 0.876. The lowest BCUT2D eigenvalue weighted by Crippen LogP contribution is -2.27. The Hall–Kier alpha value is -1.42. The standard InChI is InChI=1S/C16H18BrFN2/c1-11-8-15(19-9-14(11)17)20-10-16(2,3)12-4-6-13(18)7-5-12/h4-9H,10H2,1-3H3,(H,19,20). The van der Waals surface area contributed by atoms with Gasteiger partial charge in [-0.15, -0.1) is 0 Å². The van der Waals surface area contributed by atoms with Crippen molar-refractivity contribution in [3.05, 3.63) is 57.9 Å². The smallest absolute Gasteiger partial charge is 0.126 e. The Morgan fingerprint density at radius 3 is 2.50 bits per heavy atom. The number of anilines is 1. The molecule has 4 heteroatoms. The molecule has 0 saturated carbocycles. The Labute approximate surface area is 127 Å². The molecule has 0 atom stereocenters. The summed E-state index contributed by atoms with van der Waals surface area (Å²) in [4.78, 5) is 4.33. The minimum Gasteiger partial charge on any atom is -0.369 e. The van der Waals surface area contributed by atoms with Gasteiger partial charge in [0.1, 0.15) is 11.6 Å². The molecule has 0 unspecified atom stereocenters. The number of nitrogens with one attached hydrogen (secondary N) is 1. The highest BCUT2D eigenvalue weighted by atomic mass is 79.9. The van der Waals surface area contributed by atoms with Crippen LogP contribution in [0.4, 0.5) is 10.2 Å². The molecule has 106 valence electrons. The van der Waals surface area contributed by atoms with E-state index in [0.717, 1.165) is 28.0 Å². The van der Waals surface area contributed by atoms with Gasteiger partial charge in [0, 0.05) is 22.6 Å². The van der Waals surface area contributed by atoms with Crippen LogP contribution >= 0.6 is 15.9 Å². The molecule has 20 heavy (non-hydrogen) atoms. The number of hydrogen-bond acceptors (Lipinski definition) is 2. The van der Waals surface area contributed by atoms with E-state index >= 15 is 0 Å². The van der Waals surface area contributed by atoms with Crippen LogP contribution in [0.25, 0.3) is 0 Å². The monoisotopic (exact) mass is 336 g/mol. The van der Waals surface area contributed by atoms with E-state index in [-0.39, 0.29) is 11.2 Å². The van der Waals surface area contributed by atoms with E-state index in [2.05, 4.69) is 40.1 Å². The first-order chi connectivity index (χ1) is 9.38. The number of aryl methyl sites for hydroxylation is 1. The second kappa shape index (κ2) is 5.92. The number of hydrogen-bond donors (Lipinski definition) is 1. The Bertz CT molecular complexity index is 594. The molecule has 0 saturated heterocycles. The van der Waals surface area contributed by atoms with Gasteiger partial charge in [0.15, 0.2) is 0 Å². The Morgan fingerprint density at radius 2 is 1.90 bits per heavy atom. The second-order valence-corrected chi connectivity index (χ2v) is 6.42. The van der Waals surface area contributed by atoms with Gasteiger partial charge < -0.3 is 5.32 Å². The fourth-order valence-corrected chi connectivity index (χ4v) is 2.17.